The molecule has 8 heteroatoms. The van der Waals surface area contributed by atoms with E-state index in [-0.39, 0.29) is 11.2 Å². The van der Waals surface area contributed by atoms with Crippen LogP contribution in [0.25, 0.3) is 0 Å². The first-order valence-electron chi connectivity index (χ1n) is 11.8. The van der Waals surface area contributed by atoms with Crippen molar-refractivity contribution in [1.82, 2.24) is 19.7 Å². The lowest BCUT2D eigenvalue weighted by Gasteiger charge is -2.27. The van der Waals surface area contributed by atoms with Gasteiger partial charge in [0.2, 0.25) is 5.91 Å². The van der Waals surface area contributed by atoms with Crippen LogP contribution in [0.15, 0.2) is 59.8 Å². The standard InChI is InChI=1S/C26H33N5O2S/c1-30(2)25(32)24(19-11-6-4-7-12-19)34-26-29-28-23(31(26)21-14-8-5-9-15-21)18-27-20-13-10-16-22(17-20)33-3/h4,6-7,10-13,16-17,21,24,27H,5,8-9,14-15,18H2,1-3H3/t24-/m0/s1. The first-order valence-corrected chi connectivity index (χ1v) is 12.7. The number of rotatable bonds is 9. The fourth-order valence-corrected chi connectivity index (χ4v) is 5.63. The van der Waals surface area contributed by atoms with Crippen LogP contribution in [-0.4, -0.2) is 46.8 Å². The van der Waals surface area contributed by atoms with Crippen molar-refractivity contribution in [3.63, 3.8) is 0 Å². The molecule has 1 N–H and O–H groups in total. The molecule has 180 valence electrons. The molecule has 1 heterocycles. The summed E-state index contributed by atoms with van der Waals surface area (Å²) in [5.41, 5.74) is 1.94. The summed E-state index contributed by atoms with van der Waals surface area (Å²) in [7, 11) is 5.27. The molecule has 1 fully saturated rings. The van der Waals surface area contributed by atoms with E-state index in [1.165, 1.54) is 31.0 Å². The van der Waals surface area contributed by atoms with Crippen molar-refractivity contribution in [3.05, 3.63) is 66.0 Å². The Bertz CT molecular complexity index is 1080. The molecule has 0 aliphatic heterocycles. The molecule has 1 aliphatic carbocycles. The topological polar surface area (TPSA) is 72.3 Å². The summed E-state index contributed by atoms with van der Waals surface area (Å²) in [5, 5.41) is 13.1. The molecule has 3 aromatic rings. The Morgan fingerprint density at radius 2 is 1.88 bits per heavy atom. The molecule has 4 rings (SSSR count). The number of aromatic nitrogens is 3. The highest BCUT2D eigenvalue weighted by Crippen LogP contribution is 2.39. The third kappa shape index (κ3) is 5.73. The Kier molecular flexibility index (Phi) is 8.11. The number of nitrogens with one attached hydrogen (secondary N) is 1. The number of ether oxygens (including phenoxy) is 1. The Hall–Kier alpha value is -3.00. The molecule has 1 saturated carbocycles. The Morgan fingerprint density at radius 1 is 1.12 bits per heavy atom. The molecule has 0 unspecified atom stereocenters. The molecule has 0 radical (unpaired) electrons. The SMILES string of the molecule is COc1cccc(NCc2nnc(S[C@H](C(=O)N(C)C)c3ccccc3)n2C2CCCCC2)c1. The molecule has 34 heavy (non-hydrogen) atoms. The second-order valence-electron chi connectivity index (χ2n) is 8.79. The maximum absolute atomic E-state index is 13.1. The van der Waals surface area contributed by atoms with Gasteiger partial charge >= 0.3 is 0 Å². The number of likely N-dealkylation sites (N-methyl/N-ethyl adjacent to an activating group) is 1. The highest BCUT2D eigenvalue weighted by Gasteiger charge is 2.29. The minimum atomic E-state index is -0.373. The van der Waals surface area contributed by atoms with E-state index < -0.39 is 0 Å². The minimum Gasteiger partial charge on any atom is -0.497 e. The molecule has 1 aromatic heterocycles. The number of benzene rings is 2. The van der Waals surface area contributed by atoms with E-state index in [1.54, 1.807) is 26.1 Å². The molecule has 0 spiro atoms. The lowest BCUT2D eigenvalue weighted by Crippen LogP contribution is -2.27. The number of hydrogen-bond acceptors (Lipinski definition) is 6. The molecule has 7 nitrogen and oxygen atoms in total. The van der Waals surface area contributed by atoms with Crippen molar-refractivity contribution in [3.8, 4) is 5.75 Å². The molecule has 0 saturated heterocycles. The molecule has 1 atom stereocenters. The summed E-state index contributed by atoms with van der Waals surface area (Å²) in [6.07, 6.45) is 5.89. The van der Waals surface area contributed by atoms with Crippen LogP contribution in [-0.2, 0) is 11.3 Å². The lowest BCUT2D eigenvalue weighted by atomic mass is 9.95. The number of thioether (sulfide) groups is 1. The van der Waals surface area contributed by atoms with Crippen LogP contribution < -0.4 is 10.1 Å². The summed E-state index contributed by atoms with van der Waals surface area (Å²) in [6, 6.07) is 18.2. The average Bonchev–Trinajstić information content (AvgIpc) is 3.29. The van der Waals surface area contributed by atoms with E-state index in [0.717, 1.165) is 40.8 Å². The van der Waals surface area contributed by atoms with Crippen molar-refractivity contribution in [2.45, 2.75) is 55.1 Å². The number of carbonyl (C=O) groups excluding carboxylic acids is 1. The van der Waals surface area contributed by atoms with Crippen LogP contribution in [0.3, 0.4) is 0 Å². The second-order valence-corrected chi connectivity index (χ2v) is 9.86. The molecule has 0 bridgehead atoms. The van der Waals surface area contributed by atoms with E-state index in [4.69, 9.17) is 4.74 Å². The van der Waals surface area contributed by atoms with E-state index in [1.807, 2.05) is 54.6 Å². The highest BCUT2D eigenvalue weighted by molar-refractivity contribution is 8.00. The van der Waals surface area contributed by atoms with Crippen LogP contribution in [0.5, 0.6) is 5.75 Å². The predicted octanol–water partition coefficient (Wildman–Crippen LogP) is 5.33. The average molecular weight is 480 g/mol. The molecule has 1 aliphatic rings. The van der Waals surface area contributed by atoms with Crippen molar-refractivity contribution in [1.29, 1.82) is 0 Å². The van der Waals surface area contributed by atoms with Gasteiger partial charge in [0.1, 0.15) is 11.0 Å². The Labute approximate surface area is 205 Å². The number of carbonyl (C=O) groups is 1. The summed E-state index contributed by atoms with van der Waals surface area (Å²) < 4.78 is 7.62. The van der Waals surface area contributed by atoms with Gasteiger partial charge in [-0.2, -0.15) is 0 Å². The summed E-state index contributed by atoms with van der Waals surface area (Å²) in [6.45, 7) is 0.550. The molecule has 2 aromatic carbocycles. The second kappa shape index (κ2) is 11.4. The molecular formula is C26H33N5O2S. The van der Waals surface area contributed by atoms with E-state index in [9.17, 15) is 4.79 Å². The quantitative estimate of drug-likeness (QED) is 0.419. The predicted molar refractivity (Wildman–Crippen MR) is 136 cm³/mol. The number of nitrogens with zero attached hydrogens (tertiary/aromatic N) is 4. The maximum atomic E-state index is 13.1. The molecular weight excluding hydrogens is 446 g/mol. The lowest BCUT2D eigenvalue weighted by molar-refractivity contribution is -0.128. The van der Waals surface area contributed by atoms with Crippen LogP contribution in [0.1, 0.15) is 54.8 Å². The third-order valence-corrected chi connectivity index (χ3v) is 7.38. The Morgan fingerprint density at radius 3 is 2.59 bits per heavy atom. The zero-order chi connectivity index (χ0) is 23.9. The van der Waals surface area contributed by atoms with E-state index >= 15 is 0 Å². The van der Waals surface area contributed by atoms with Crippen molar-refractivity contribution in [2.75, 3.05) is 26.5 Å². The number of hydrogen-bond donors (Lipinski definition) is 1. The summed E-state index contributed by atoms with van der Waals surface area (Å²) in [5.74, 6) is 1.75. The van der Waals surface area contributed by atoms with Gasteiger partial charge in [0.05, 0.1) is 13.7 Å². The van der Waals surface area contributed by atoms with Crippen molar-refractivity contribution < 1.29 is 9.53 Å². The van der Waals surface area contributed by atoms with E-state index in [2.05, 4.69) is 20.1 Å². The fourth-order valence-electron chi connectivity index (χ4n) is 4.36. The van der Waals surface area contributed by atoms with Crippen LogP contribution in [0, 0.1) is 0 Å². The first kappa shape index (κ1) is 24.1. The van der Waals surface area contributed by atoms with Crippen molar-refractivity contribution in [2.24, 2.45) is 0 Å². The van der Waals surface area contributed by atoms with Crippen LogP contribution in [0.4, 0.5) is 5.69 Å². The van der Waals surface area contributed by atoms with Gasteiger partial charge in [-0.3, -0.25) is 4.79 Å². The normalized spacial score (nSPS) is 15.0. The summed E-state index contributed by atoms with van der Waals surface area (Å²) in [4.78, 5) is 14.8. The largest absolute Gasteiger partial charge is 0.497 e. The van der Waals surface area contributed by atoms with Crippen LogP contribution >= 0.6 is 11.8 Å². The number of amides is 1. The number of anilines is 1. The van der Waals surface area contributed by atoms with Crippen LogP contribution in [0.2, 0.25) is 0 Å². The zero-order valence-electron chi connectivity index (χ0n) is 20.1. The van der Waals surface area contributed by atoms with Gasteiger partial charge in [0.15, 0.2) is 11.0 Å². The fraction of sp³-hybridized carbons (Fsp3) is 0.423. The van der Waals surface area contributed by atoms with Crippen molar-refractivity contribution >= 4 is 23.4 Å². The Balaban J connectivity index is 1.63. The smallest absolute Gasteiger partial charge is 0.240 e. The van der Waals surface area contributed by atoms with Gasteiger partial charge in [-0.25, -0.2) is 0 Å². The highest BCUT2D eigenvalue weighted by atomic mass is 32.2. The van der Waals surface area contributed by atoms with E-state index in [0.29, 0.717) is 12.6 Å². The van der Waals surface area contributed by atoms with Gasteiger partial charge in [-0.15, -0.1) is 10.2 Å². The summed E-state index contributed by atoms with van der Waals surface area (Å²) >= 11 is 1.50. The van der Waals surface area contributed by atoms with Gasteiger partial charge in [-0.1, -0.05) is 67.4 Å². The third-order valence-electron chi connectivity index (χ3n) is 6.19. The monoisotopic (exact) mass is 479 g/mol. The number of methoxy groups -OCH3 is 1. The maximum Gasteiger partial charge on any atom is 0.240 e. The van der Waals surface area contributed by atoms with Gasteiger partial charge in [0.25, 0.3) is 0 Å². The van der Waals surface area contributed by atoms with Gasteiger partial charge in [-0.05, 0) is 30.5 Å². The van der Waals surface area contributed by atoms with Gasteiger partial charge < -0.3 is 19.5 Å². The van der Waals surface area contributed by atoms with Gasteiger partial charge in [0, 0.05) is 31.9 Å². The minimum absolute atomic E-state index is 0.0467. The molecule has 1 amide bonds. The first-order chi connectivity index (χ1) is 16.6. The zero-order valence-corrected chi connectivity index (χ0v) is 20.9.